The van der Waals surface area contributed by atoms with Gasteiger partial charge in [-0.1, -0.05) is 25.9 Å². The van der Waals surface area contributed by atoms with Gasteiger partial charge in [0.05, 0.1) is 6.42 Å². The third-order valence-electron chi connectivity index (χ3n) is 3.67. The van der Waals surface area contributed by atoms with Gasteiger partial charge in [-0.2, -0.15) is 4.98 Å². The molecule has 0 spiro atoms. The summed E-state index contributed by atoms with van der Waals surface area (Å²) in [4.78, 5) is 16.2. The Labute approximate surface area is 141 Å². The van der Waals surface area contributed by atoms with Crippen molar-refractivity contribution in [1.29, 1.82) is 0 Å². The standard InChI is InChI=1S/C18H22N2O4/c1-18(2,3)11-15(21)23-13-8-6-12(7-9-13)16-19-17(24-20-16)14-5-4-10-22-14/h6-9,14H,4-5,10-11H2,1-3H3. The number of nitrogens with zero attached hydrogens (tertiary/aromatic N) is 2. The van der Waals surface area contributed by atoms with Crippen molar-refractivity contribution in [3.8, 4) is 17.1 Å². The van der Waals surface area contributed by atoms with Crippen molar-refractivity contribution in [2.45, 2.75) is 46.1 Å². The normalized spacial score (nSPS) is 17.9. The van der Waals surface area contributed by atoms with E-state index in [4.69, 9.17) is 14.0 Å². The van der Waals surface area contributed by atoms with E-state index in [2.05, 4.69) is 10.1 Å². The highest BCUT2D eigenvalue weighted by Gasteiger charge is 2.24. The van der Waals surface area contributed by atoms with Crippen LogP contribution in [0.4, 0.5) is 0 Å². The molecule has 0 amide bonds. The first kappa shape index (κ1) is 16.6. The lowest BCUT2D eigenvalue weighted by atomic mass is 9.92. The molecule has 1 aliphatic heterocycles. The number of esters is 1. The summed E-state index contributed by atoms with van der Waals surface area (Å²) in [7, 11) is 0. The summed E-state index contributed by atoms with van der Waals surface area (Å²) < 4.78 is 16.2. The number of hydrogen-bond donors (Lipinski definition) is 0. The first-order valence-electron chi connectivity index (χ1n) is 8.17. The van der Waals surface area contributed by atoms with Gasteiger partial charge >= 0.3 is 5.97 Å². The second-order valence-electron chi connectivity index (χ2n) is 7.19. The molecule has 1 atom stereocenters. The SMILES string of the molecule is CC(C)(C)CC(=O)Oc1ccc(-c2noc(C3CCCO3)n2)cc1. The molecular weight excluding hydrogens is 308 g/mol. The molecule has 2 heterocycles. The predicted molar refractivity (Wildman–Crippen MR) is 87.4 cm³/mol. The molecule has 1 fully saturated rings. The molecule has 6 heteroatoms. The highest BCUT2D eigenvalue weighted by atomic mass is 16.5. The molecule has 0 aliphatic carbocycles. The summed E-state index contributed by atoms with van der Waals surface area (Å²) in [5.41, 5.74) is 0.707. The quantitative estimate of drug-likeness (QED) is 0.624. The van der Waals surface area contributed by atoms with Crippen LogP contribution >= 0.6 is 0 Å². The summed E-state index contributed by atoms with van der Waals surface area (Å²) in [5, 5.41) is 4.00. The van der Waals surface area contributed by atoms with Crippen LogP contribution in [-0.2, 0) is 9.53 Å². The van der Waals surface area contributed by atoms with Gasteiger partial charge in [-0.3, -0.25) is 4.79 Å². The first-order chi connectivity index (χ1) is 11.4. The van der Waals surface area contributed by atoms with Crippen molar-refractivity contribution in [3.63, 3.8) is 0 Å². The van der Waals surface area contributed by atoms with E-state index in [0.29, 0.717) is 23.9 Å². The second-order valence-corrected chi connectivity index (χ2v) is 7.19. The fourth-order valence-electron chi connectivity index (χ4n) is 2.53. The summed E-state index contributed by atoms with van der Waals surface area (Å²) in [5.74, 6) is 1.29. The van der Waals surface area contributed by atoms with Gasteiger partial charge in [0.1, 0.15) is 11.9 Å². The van der Waals surface area contributed by atoms with E-state index >= 15 is 0 Å². The smallest absolute Gasteiger partial charge is 0.311 e. The zero-order valence-corrected chi connectivity index (χ0v) is 14.2. The number of benzene rings is 1. The maximum absolute atomic E-state index is 11.9. The Balaban J connectivity index is 1.65. The number of aromatic nitrogens is 2. The van der Waals surface area contributed by atoms with Crippen LogP contribution in [0.5, 0.6) is 5.75 Å². The first-order valence-corrected chi connectivity index (χ1v) is 8.17. The topological polar surface area (TPSA) is 74.5 Å². The molecule has 2 aromatic rings. The van der Waals surface area contributed by atoms with Gasteiger partial charge in [-0.15, -0.1) is 0 Å². The van der Waals surface area contributed by atoms with Crippen molar-refractivity contribution in [2.75, 3.05) is 6.61 Å². The maximum atomic E-state index is 11.9. The van der Waals surface area contributed by atoms with E-state index in [1.807, 2.05) is 32.9 Å². The lowest BCUT2D eigenvalue weighted by Gasteiger charge is -2.16. The van der Waals surface area contributed by atoms with Crippen LogP contribution in [0, 0.1) is 5.41 Å². The fraction of sp³-hybridized carbons (Fsp3) is 0.500. The third-order valence-corrected chi connectivity index (χ3v) is 3.67. The molecule has 1 aliphatic rings. The fourth-order valence-corrected chi connectivity index (χ4v) is 2.53. The van der Waals surface area contributed by atoms with Crippen LogP contribution in [-0.4, -0.2) is 22.7 Å². The minimum Gasteiger partial charge on any atom is -0.427 e. The van der Waals surface area contributed by atoms with Gasteiger partial charge in [-0.25, -0.2) is 0 Å². The van der Waals surface area contributed by atoms with Gasteiger partial charge in [0.15, 0.2) is 0 Å². The van der Waals surface area contributed by atoms with Crippen LogP contribution in [0.2, 0.25) is 0 Å². The summed E-state index contributed by atoms with van der Waals surface area (Å²) in [6, 6.07) is 7.09. The highest BCUT2D eigenvalue weighted by Crippen LogP contribution is 2.29. The van der Waals surface area contributed by atoms with Crippen molar-refractivity contribution in [1.82, 2.24) is 10.1 Å². The predicted octanol–water partition coefficient (Wildman–Crippen LogP) is 3.93. The third kappa shape index (κ3) is 4.20. The van der Waals surface area contributed by atoms with Crippen LogP contribution in [0.15, 0.2) is 28.8 Å². The summed E-state index contributed by atoms with van der Waals surface area (Å²) >= 11 is 0. The largest absolute Gasteiger partial charge is 0.427 e. The summed E-state index contributed by atoms with van der Waals surface area (Å²) in [6.07, 6.45) is 2.19. The number of rotatable bonds is 4. The molecule has 1 aromatic heterocycles. The van der Waals surface area contributed by atoms with Crippen molar-refractivity contribution in [2.24, 2.45) is 5.41 Å². The van der Waals surface area contributed by atoms with Crippen molar-refractivity contribution >= 4 is 5.97 Å². The average molecular weight is 330 g/mol. The Hall–Kier alpha value is -2.21. The molecule has 1 aromatic carbocycles. The van der Waals surface area contributed by atoms with Crippen LogP contribution in [0.3, 0.4) is 0 Å². The maximum Gasteiger partial charge on any atom is 0.311 e. The van der Waals surface area contributed by atoms with Gasteiger partial charge < -0.3 is 14.0 Å². The molecular formula is C18H22N2O4. The highest BCUT2D eigenvalue weighted by molar-refractivity contribution is 5.73. The lowest BCUT2D eigenvalue weighted by molar-refractivity contribution is -0.136. The molecule has 0 bridgehead atoms. The molecule has 128 valence electrons. The molecule has 1 unspecified atom stereocenters. The molecule has 0 N–H and O–H groups in total. The Bertz CT molecular complexity index is 695. The van der Waals surface area contributed by atoms with Crippen LogP contribution in [0.1, 0.15) is 52.0 Å². The van der Waals surface area contributed by atoms with E-state index < -0.39 is 0 Å². The van der Waals surface area contributed by atoms with Gasteiger partial charge in [-0.05, 0) is 42.5 Å². The second kappa shape index (κ2) is 6.73. The van der Waals surface area contributed by atoms with Crippen LogP contribution < -0.4 is 4.74 Å². The number of ether oxygens (including phenoxy) is 2. The van der Waals surface area contributed by atoms with E-state index in [9.17, 15) is 4.79 Å². The van der Waals surface area contributed by atoms with E-state index in [-0.39, 0.29) is 17.5 Å². The van der Waals surface area contributed by atoms with E-state index in [0.717, 1.165) is 25.0 Å². The van der Waals surface area contributed by atoms with Gasteiger partial charge in [0.25, 0.3) is 5.89 Å². The van der Waals surface area contributed by atoms with Crippen molar-refractivity contribution < 1.29 is 18.8 Å². The zero-order valence-electron chi connectivity index (χ0n) is 14.2. The average Bonchev–Trinajstić information content (AvgIpc) is 3.17. The van der Waals surface area contributed by atoms with Crippen LogP contribution in [0.25, 0.3) is 11.4 Å². The number of carbonyl (C=O) groups excluding carboxylic acids is 1. The Morgan fingerprint density at radius 1 is 1.29 bits per heavy atom. The molecule has 24 heavy (non-hydrogen) atoms. The number of hydrogen-bond acceptors (Lipinski definition) is 6. The van der Waals surface area contributed by atoms with Gasteiger partial charge in [0.2, 0.25) is 5.82 Å². The minimum absolute atomic E-state index is 0.0936. The molecule has 6 nitrogen and oxygen atoms in total. The summed E-state index contributed by atoms with van der Waals surface area (Å²) in [6.45, 7) is 6.73. The molecule has 3 rings (SSSR count). The molecule has 1 saturated heterocycles. The minimum atomic E-state index is -0.240. The zero-order chi connectivity index (χ0) is 17.2. The molecule has 0 radical (unpaired) electrons. The molecule has 0 saturated carbocycles. The Morgan fingerprint density at radius 3 is 2.67 bits per heavy atom. The Morgan fingerprint density at radius 2 is 2.04 bits per heavy atom. The van der Waals surface area contributed by atoms with Gasteiger partial charge in [0, 0.05) is 12.2 Å². The Kier molecular flexibility index (Phi) is 4.66. The monoisotopic (exact) mass is 330 g/mol. The van der Waals surface area contributed by atoms with Crippen molar-refractivity contribution in [3.05, 3.63) is 30.2 Å². The number of carbonyl (C=O) groups is 1. The van der Waals surface area contributed by atoms with E-state index in [1.165, 1.54) is 0 Å². The lowest BCUT2D eigenvalue weighted by Crippen LogP contribution is -2.17. The van der Waals surface area contributed by atoms with E-state index in [1.54, 1.807) is 12.1 Å².